The van der Waals surface area contributed by atoms with E-state index < -0.39 is 0 Å². The molecule has 1 aliphatic rings. The number of morpholine rings is 1. The number of anilines is 1. The van der Waals surface area contributed by atoms with Gasteiger partial charge in [0.25, 0.3) is 0 Å². The van der Waals surface area contributed by atoms with E-state index in [-0.39, 0.29) is 0 Å². The molecule has 5 heteroatoms. The first-order valence-electron chi connectivity index (χ1n) is 8.44. The van der Waals surface area contributed by atoms with Crippen LogP contribution in [0.3, 0.4) is 0 Å². The van der Waals surface area contributed by atoms with Crippen molar-refractivity contribution in [2.24, 2.45) is 5.92 Å². The van der Waals surface area contributed by atoms with Gasteiger partial charge in [0, 0.05) is 25.7 Å². The first-order valence-corrected chi connectivity index (χ1v) is 8.44. The van der Waals surface area contributed by atoms with E-state index in [2.05, 4.69) is 29.0 Å². The Morgan fingerprint density at radius 2 is 1.78 bits per heavy atom. The van der Waals surface area contributed by atoms with E-state index in [9.17, 15) is 0 Å². The van der Waals surface area contributed by atoms with Gasteiger partial charge in [-0.3, -0.25) is 4.90 Å². The summed E-state index contributed by atoms with van der Waals surface area (Å²) in [6.45, 7) is 11.1. The first kappa shape index (κ1) is 16.1. The molecule has 1 N–H and O–H groups in total. The summed E-state index contributed by atoms with van der Waals surface area (Å²) in [4.78, 5) is 11.9. The van der Waals surface area contributed by atoms with Crippen molar-refractivity contribution in [3.63, 3.8) is 0 Å². The maximum absolute atomic E-state index is 5.48. The molecule has 124 valence electrons. The van der Waals surface area contributed by atoms with Crippen LogP contribution in [-0.2, 0) is 4.74 Å². The van der Waals surface area contributed by atoms with Crippen molar-refractivity contribution < 1.29 is 4.74 Å². The van der Waals surface area contributed by atoms with E-state index in [1.165, 1.54) is 0 Å². The Labute approximate surface area is 138 Å². The van der Waals surface area contributed by atoms with Crippen LogP contribution in [0.25, 0.3) is 11.0 Å². The zero-order valence-corrected chi connectivity index (χ0v) is 14.2. The van der Waals surface area contributed by atoms with Crippen molar-refractivity contribution in [2.75, 3.05) is 38.2 Å². The molecule has 2 aromatic rings. The molecule has 1 saturated heterocycles. The highest BCUT2D eigenvalue weighted by atomic mass is 16.5. The molecule has 1 atom stereocenters. The van der Waals surface area contributed by atoms with Gasteiger partial charge in [0.2, 0.25) is 0 Å². The number of ether oxygens (including phenoxy) is 1. The van der Waals surface area contributed by atoms with Crippen LogP contribution in [0.2, 0.25) is 0 Å². The highest BCUT2D eigenvalue weighted by Crippen LogP contribution is 2.18. The highest BCUT2D eigenvalue weighted by Gasteiger charge is 2.23. The van der Waals surface area contributed by atoms with Gasteiger partial charge in [-0.25, -0.2) is 9.97 Å². The summed E-state index contributed by atoms with van der Waals surface area (Å²) < 4.78 is 5.48. The standard InChI is InChI=1S/C18H26N4O/c1-13(2)17(22-8-10-23-11-9-22)12-19-18-14(3)20-15-6-4-5-7-16(15)21-18/h4-7,13,17H,8-12H2,1-3H3,(H,19,21). The summed E-state index contributed by atoms with van der Waals surface area (Å²) in [5, 5.41) is 3.53. The molecule has 0 amide bonds. The number of nitrogens with zero attached hydrogens (tertiary/aromatic N) is 3. The Morgan fingerprint density at radius 1 is 1.13 bits per heavy atom. The van der Waals surface area contributed by atoms with Gasteiger partial charge in [0.1, 0.15) is 5.82 Å². The van der Waals surface area contributed by atoms with E-state index >= 15 is 0 Å². The summed E-state index contributed by atoms with van der Waals surface area (Å²) >= 11 is 0. The van der Waals surface area contributed by atoms with E-state index in [1.54, 1.807) is 0 Å². The van der Waals surface area contributed by atoms with E-state index in [4.69, 9.17) is 9.72 Å². The third-order valence-corrected chi connectivity index (χ3v) is 4.51. The molecule has 1 fully saturated rings. The van der Waals surface area contributed by atoms with Crippen molar-refractivity contribution in [3.05, 3.63) is 30.0 Å². The molecule has 0 radical (unpaired) electrons. The maximum atomic E-state index is 5.48. The quantitative estimate of drug-likeness (QED) is 0.919. The maximum Gasteiger partial charge on any atom is 0.148 e. The lowest BCUT2D eigenvalue weighted by Crippen LogP contribution is -2.49. The Morgan fingerprint density at radius 3 is 2.43 bits per heavy atom. The summed E-state index contributed by atoms with van der Waals surface area (Å²) in [5.74, 6) is 1.47. The van der Waals surface area contributed by atoms with Crippen LogP contribution in [-0.4, -0.2) is 53.8 Å². The van der Waals surface area contributed by atoms with Crippen LogP contribution < -0.4 is 5.32 Å². The fraction of sp³-hybridized carbons (Fsp3) is 0.556. The van der Waals surface area contributed by atoms with Gasteiger partial charge in [0.05, 0.1) is 29.9 Å². The number of aromatic nitrogens is 2. The number of nitrogens with one attached hydrogen (secondary N) is 1. The number of hydrogen-bond acceptors (Lipinski definition) is 5. The van der Waals surface area contributed by atoms with E-state index in [1.807, 2.05) is 31.2 Å². The Hall–Kier alpha value is -1.72. The second-order valence-corrected chi connectivity index (χ2v) is 6.49. The molecule has 0 saturated carbocycles. The van der Waals surface area contributed by atoms with Crippen molar-refractivity contribution in [3.8, 4) is 0 Å². The van der Waals surface area contributed by atoms with Crippen LogP contribution in [0.4, 0.5) is 5.82 Å². The highest BCUT2D eigenvalue weighted by molar-refractivity contribution is 5.76. The van der Waals surface area contributed by atoms with Crippen molar-refractivity contribution >= 4 is 16.9 Å². The molecule has 2 heterocycles. The number of fused-ring (bicyclic) bond motifs is 1. The van der Waals surface area contributed by atoms with Crippen LogP contribution in [0.5, 0.6) is 0 Å². The summed E-state index contributed by atoms with van der Waals surface area (Å²) in [6.07, 6.45) is 0. The molecule has 5 nitrogen and oxygen atoms in total. The van der Waals surface area contributed by atoms with E-state index in [0.717, 1.165) is 55.4 Å². The third-order valence-electron chi connectivity index (χ3n) is 4.51. The lowest BCUT2D eigenvalue weighted by molar-refractivity contribution is 0.00953. The second-order valence-electron chi connectivity index (χ2n) is 6.49. The average Bonchev–Trinajstić information content (AvgIpc) is 2.56. The average molecular weight is 314 g/mol. The Kier molecular flexibility index (Phi) is 5.08. The zero-order chi connectivity index (χ0) is 16.2. The minimum absolute atomic E-state index is 0.478. The minimum atomic E-state index is 0.478. The molecule has 0 spiro atoms. The van der Waals surface area contributed by atoms with Crippen molar-refractivity contribution in [1.29, 1.82) is 0 Å². The predicted molar refractivity (Wildman–Crippen MR) is 93.8 cm³/mol. The molecule has 3 rings (SSSR count). The molecule has 1 aromatic heterocycles. The van der Waals surface area contributed by atoms with Gasteiger partial charge in [-0.15, -0.1) is 0 Å². The minimum Gasteiger partial charge on any atom is -0.379 e. The number of hydrogen-bond donors (Lipinski definition) is 1. The molecule has 23 heavy (non-hydrogen) atoms. The summed E-state index contributed by atoms with van der Waals surface area (Å²) in [5.41, 5.74) is 2.84. The molecule has 1 aromatic carbocycles. The van der Waals surface area contributed by atoms with Gasteiger partial charge in [-0.1, -0.05) is 26.0 Å². The summed E-state index contributed by atoms with van der Waals surface area (Å²) in [7, 11) is 0. The predicted octanol–water partition coefficient (Wildman–Crippen LogP) is 2.71. The first-order chi connectivity index (χ1) is 11.1. The van der Waals surface area contributed by atoms with Crippen LogP contribution in [0.15, 0.2) is 24.3 Å². The lowest BCUT2D eigenvalue weighted by atomic mass is 10.0. The van der Waals surface area contributed by atoms with Crippen molar-refractivity contribution in [2.45, 2.75) is 26.8 Å². The second kappa shape index (κ2) is 7.23. The zero-order valence-electron chi connectivity index (χ0n) is 14.2. The molecular weight excluding hydrogens is 288 g/mol. The monoisotopic (exact) mass is 314 g/mol. The Bertz CT molecular complexity index is 653. The largest absolute Gasteiger partial charge is 0.379 e. The van der Waals surface area contributed by atoms with Gasteiger partial charge < -0.3 is 10.1 Å². The molecule has 1 aliphatic heterocycles. The van der Waals surface area contributed by atoms with Crippen LogP contribution in [0, 0.1) is 12.8 Å². The molecule has 1 unspecified atom stereocenters. The van der Waals surface area contributed by atoms with Crippen molar-refractivity contribution in [1.82, 2.24) is 14.9 Å². The topological polar surface area (TPSA) is 50.3 Å². The van der Waals surface area contributed by atoms with Gasteiger partial charge in [-0.05, 0) is 25.0 Å². The van der Waals surface area contributed by atoms with Gasteiger partial charge in [0.15, 0.2) is 0 Å². The van der Waals surface area contributed by atoms with Gasteiger partial charge >= 0.3 is 0 Å². The van der Waals surface area contributed by atoms with Gasteiger partial charge in [-0.2, -0.15) is 0 Å². The van der Waals surface area contributed by atoms with Crippen LogP contribution >= 0.6 is 0 Å². The molecule has 0 aliphatic carbocycles. The summed E-state index contributed by atoms with van der Waals surface area (Å²) in [6, 6.07) is 8.49. The number of benzene rings is 1. The number of para-hydroxylation sites is 2. The van der Waals surface area contributed by atoms with E-state index in [0.29, 0.717) is 12.0 Å². The Balaban J connectivity index is 1.73. The lowest BCUT2D eigenvalue weighted by Gasteiger charge is -2.37. The third kappa shape index (κ3) is 3.79. The fourth-order valence-electron chi connectivity index (χ4n) is 3.15. The SMILES string of the molecule is Cc1nc2ccccc2nc1NCC(C(C)C)N1CCOCC1. The molecule has 0 bridgehead atoms. The fourth-order valence-corrected chi connectivity index (χ4v) is 3.15. The number of rotatable bonds is 5. The van der Waals surface area contributed by atoms with Crippen LogP contribution in [0.1, 0.15) is 19.5 Å². The normalized spacial score (nSPS) is 17.6. The number of aryl methyl sites for hydroxylation is 1. The smallest absolute Gasteiger partial charge is 0.148 e. The molecular formula is C18H26N4O.